The van der Waals surface area contributed by atoms with Crippen molar-refractivity contribution in [3.05, 3.63) is 29.3 Å². The molecule has 2 rings (SSSR count). The first-order valence-corrected chi connectivity index (χ1v) is 9.37. The van der Waals surface area contributed by atoms with E-state index in [0.29, 0.717) is 18.3 Å². The van der Waals surface area contributed by atoms with E-state index in [1.807, 2.05) is 4.90 Å². The molecule has 0 atom stereocenters. The van der Waals surface area contributed by atoms with Crippen molar-refractivity contribution in [2.24, 2.45) is 0 Å². The third kappa shape index (κ3) is 5.91. The van der Waals surface area contributed by atoms with Crippen LogP contribution in [0, 0.1) is 13.8 Å². The smallest absolute Gasteiger partial charge is 0.232 e. The summed E-state index contributed by atoms with van der Waals surface area (Å²) < 4.78 is 5.78. The monoisotopic (exact) mass is 321 g/mol. The molecule has 0 aromatic heterocycles. The van der Waals surface area contributed by atoms with Crippen molar-refractivity contribution in [3.8, 4) is 5.75 Å². The van der Waals surface area contributed by atoms with Gasteiger partial charge in [-0.25, -0.2) is 0 Å². The minimum absolute atomic E-state index is 0.305. The lowest BCUT2D eigenvalue weighted by atomic mass is 10.1. The molecule has 0 bridgehead atoms. The molecule has 4 heteroatoms. The molecule has 0 spiro atoms. The van der Waals surface area contributed by atoms with Gasteiger partial charge in [0.2, 0.25) is 5.91 Å². The molecule has 1 fully saturated rings. The van der Waals surface area contributed by atoms with E-state index in [-0.39, 0.29) is 0 Å². The summed E-state index contributed by atoms with van der Waals surface area (Å²) in [5.41, 5.74) is 2.47. The summed E-state index contributed by atoms with van der Waals surface area (Å²) in [7, 11) is 0. The van der Waals surface area contributed by atoms with E-state index in [4.69, 9.17) is 4.74 Å². The van der Waals surface area contributed by atoms with E-state index in [9.17, 15) is 4.79 Å². The Labute approximate surface area is 138 Å². The summed E-state index contributed by atoms with van der Waals surface area (Å²) in [4.78, 5) is 14.0. The van der Waals surface area contributed by atoms with Gasteiger partial charge in [0.15, 0.2) is 0 Å². The van der Waals surface area contributed by atoms with Crippen LogP contribution in [0.15, 0.2) is 18.2 Å². The van der Waals surface area contributed by atoms with Crippen LogP contribution >= 0.6 is 11.8 Å². The highest BCUT2D eigenvalue weighted by atomic mass is 32.2. The Morgan fingerprint density at radius 2 is 1.82 bits per heavy atom. The number of rotatable bonds is 7. The number of hydrogen-bond donors (Lipinski definition) is 0. The first kappa shape index (κ1) is 17.2. The zero-order valence-corrected chi connectivity index (χ0v) is 14.6. The summed E-state index contributed by atoms with van der Waals surface area (Å²) in [5.74, 6) is 2.85. The molecular weight excluding hydrogens is 294 g/mol. The predicted octanol–water partition coefficient (Wildman–Crippen LogP) is 3.82. The summed E-state index contributed by atoms with van der Waals surface area (Å²) in [6.07, 6.45) is 4.58. The largest absolute Gasteiger partial charge is 0.494 e. The average Bonchev–Trinajstić information content (AvgIpc) is 2.50. The first-order valence-electron chi connectivity index (χ1n) is 8.22. The second-order valence-electron chi connectivity index (χ2n) is 6.02. The quantitative estimate of drug-likeness (QED) is 0.715. The number of likely N-dealkylation sites (tertiary alicyclic amines) is 1. The Morgan fingerprint density at radius 3 is 2.50 bits per heavy atom. The van der Waals surface area contributed by atoms with Crippen LogP contribution in [0.4, 0.5) is 0 Å². The van der Waals surface area contributed by atoms with Crippen molar-refractivity contribution in [2.45, 2.75) is 39.5 Å². The number of amides is 1. The highest BCUT2D eigenvalue weighted by Crippen LogP contribution is 2.17. The van der Waals surface area contributed by atoms with Crippen LogP contribution < -0.4 is 4.74 Å². The van der Waals surface area contributed by atoms with Crippen molar-refractivity contribution in [1.82, 2.24) is 4.90 Å². The van der Waals surface area contributed by atoms with Crippen molar-refractivity contribution >= 4 is 17.7 Å². The molecule has 1 aliphatic heterocycles. The molecule has 0 aliphatic carbocycles. The molecule has 0 unspecified atom stereocenters. The molecule has 1 aromatic rings. The van der Waals surface area contributed by atoms with E-state index >= 15 is 0 Å². The minimum atomic E-state index is 0.305. The zero-order valence-electron chi connectivity index (χ0n) is 13.8. The van der Waals surface area contributed by atoms with Crippen molar-refractivity contribution in [2.75, 3.05) is 31.2 Å². The summed E-state index contributed by atoms with van der Waals surface area (Å²) in [6, 6.07) is 6.29. The maximum absolute atomic E-state index is 12.0. The highest BCUT2D eigenvalue weighted by Gasteiger charge is 2.15. The van der Waals surface area contributed by atoms with Crippen molar-refractivity contribution < 1.29 is 9.53 Å². The molecule has 22 heavy (non-hydrogen) atoms. The van der Waals surface area contributed by atoms with E-state index in [0.717, 1.165) is 31.0 Å². The van der Waals surface area contributed by atoms with Gasteiger partial charge in [-0.1, -0.05) is 6.07 Å². The fourth-order valence-electron chi connectivity index (χ4n) is 2.76. The lowest BCUT2D eigenvalue weighted by molar-refractivity contribution is -0.129. The van der Waals surface area contributed by atoms with Gasteiger partial charge in [0.25, 0.3) is 0 Å². The number of benzene rings is 1. The first-order chi connectivity index (χ1) is 10.6. The lowest BCUT2D eigenvalue weighted by Gasteiger charge is -2.26. The number of hydrogen-bond acceptors (Lipinski definition) is 3. The lowest BCUT2D eigenvalue weighted by Crippen LogP contribution is -2.36. The molecule has 0 saturated carbocycles. The zero-order chi connectivity index (χ0) is 15.8. The fourth-order valence-corrected chi connectivity index (χ4v) is 3.58. The molecule has 3 nitrogen and oxygen atoms in total. The van der Waals surface area contributed by atoms with Gasteiger partial charge in [-0.05, 0) is 68.5 Å². The molecule has 1 aliphatic rings. The summed E-state index contributed by atoms with van der Waals surface area (Å²) >= 11 is 1.73. The number of carbonyl (C=O) groups excluding carboxylic acids is 1. The Kier molecular flexibility index (Phi) is 7.10. The number of nitrogens with zero attached hydrogens (tertiary/aromatic N) is 1. The second-order valence-corrected chi connectivity index (χ2v) is 7.12. The van der Waals surface area contributed by atoms with Crippen LogP contribution in [-0.2, 0) is 4.79 Å². The Bertz CT molecular complexity index is 464. The predicted molar refractivity (Wildman–Crippen MR) is 93.8 cm³/mol. The number of piperidine rings is 1. The van der Waals surface area contributed by atoms with Crippen LogP contribution in [0.3, 0.4) is 0 Å². The van der Waals surface area contributed by atoms with Gasteiger partial charge in [-0.2, -0.15) is 11.8 Å². The highest BCUT2D eigenvalue weighted by molar-refractivity contribution is 7.99. The van der Waals surface area contributed by atoms with Crippen LogP contribution in [0.1, 0.15) is 36.8 Å². The normalized spacial score (nSPS) is 14.9. The molecule has 0 N–H and O–H groups in total. The Hall–Kier alpha value is -1.16. The van der Waals surface area contributed by atoms with Gasteiger partial charge in [0, 0.05) is 13.1 Å². The maximum Gasteiger partial charge on any atom is 0.232 e. The summed E-state index contributed by atoms with van der Waals surface area (Å²) in [5, 5.41) is 0. The van der Waals surface area contributed by atoms with Crippen molar-refractivity contribution in [3.63, 3.8) is 0 Å². The number of carbonyl (C=O) groups is 1. The number of thioether (sulfide) groups is 1. The SMILES string of the molecule is Cc1cc(C)cc(OCCCSCC(=O)N2CCCCC2)c1. The number of aryl methyl sites for hydroxylation is 2. The van der Waals surface area contributed by atoms with E-state index in [2.05, 4.69) is 32.0 Å². The van der Waals surface area contributed by atoms with Gasteiger partial charge < -0.3 is 9.64 Å². The van der Waals surface area contributed by atoms with E-state index in [1.165, 1.54) is 30.4 Å². The van der Waals surface area contributed by atoms with Gasteiger partial charge >= 0.3 is 0 Å². The molecule has 1 saturated heterocycles. The van der Waals surface area contributed by atoms with Crippen LogP contribution in [0.25, 0.3) is 0 Å². The minimum Gasteiger partial charge on any atom is -0.494 e. The van der Waals surface area contributed by atoms with Gasteiger partial charge in [0.05, 0.1) is 12.4 Å². The van der Waals surface area contributed by atoms with E-state index in [1.54, 1.807) is 11.8 Å². The second kappa shape index (κ2) is 9.09. The average molecular weight is 321 g/mol. The van der Waals surface area contributed by atoms with Crippen LogP contribution in [0.2, 0.25) is 0 Å². The van der Waals surface area contributed by atoms with Gasteiger partial charge in [-0.15, -0.1) is 0 Å². The Morgan fingerprint density at radius 1 is 1.14 bits per heavy atom. The third-order valence-corrected chi connectivity index (χ3v) is 4.86. The van der Waals surface area contributed by atoms with Crippen LogP contribution in [0.5, 0.6) is 5.75 Å². The number of ether oxygens (including phenoxy) is 1. The fraction of sp³-hybridized carbons (Fsp3) is 0.611. The topological polar surface area (TPSA) is 29.5 Å². The third-order valence-electron chi connectivity index (χ3n) is 3.83. The standard InChI is InChI=1S/C18H27NO2S/c1-15-11-16(2)13-17(12-15)21-9-6-10-22-14-18(20)19-7-4-3-5-8-19/h11-13H,3-10,14H2,1-2H3. The van der Waals surface area contributed by atoms with E-state index < -0.39 is 0 Å². The molecule has 0 radical (unpaired) electrons. The maximum atomic E-state index is 12.0. The van der Waals surface area contributed by atoms with Crippen molar-refractivity contribution in [1.29, 1.82) is 0 Å². The van der Waals surface area contributed by atoms with Gasteiger partial charge in [0.1, 0.15) is 5.75 Å². The molecule has 1 aromatic carbocycles. The van der Waals surface area contributed by atoms with Gasteiger partial charge in [-0.3, -0.25) is 4.79 Å². The summed E-state index contributed by atoms with van der Waals surface area (Å²) in [6.45, 7) is 6.79. The Balaban J connectivity index is 1.56. The molecule has 1 heterocycles. The molecular formula is C18H27NO2S. The molecule has 1 amide bonds. The molecule has 122 valence electrons. The van der Waals surface area contributed by atoms with Crippen LogP contribution in [-0.4, -0.2) is 42.0 Å².